The number of benzene rings is 1. The van der Waals surface area contributed by atoms with Gasteiger partial charge in [0.05, 0.1) is 18.2 Å². The molecule has 0 unspecified atom stereocenters. The maximum absolute atomic E-state index is 13.7. The largest absolute Gasteiger partial charge is 0.334 e. The fourth-order valence-electron chi connectivity index (χ4n) is 2.57. The average Bonchev–Trinajstić information content (AvgIpc) is 3.15. The Morgan fingerprint density at radius 2 is 2.09 bits per heavy atom. The van der Waals surface area contributed by atoms with E-state index in [2.05, 4.69) is 15.3 Å². The molecule has 4 rings (SSSR count). The maximum atomic E-state index is 13.7. The van der Waals surface area contributed by atoms with Crippen molar-refractivity contribution < 1.29 is 9.18 Å². The second kappa shape index (κ2) is 4.87. The van der Waals surface area contributed by atoms with Crippen molar-refractivity contribution in [2.75, 3.05) is 5.32 Å². The Bertz CT molecular complexity index is 914. The number of halogens is 1. The van der Waals surface area contributed by atoms with Crippen molar-refractivity contribution >= 4 is 22.5 Å². The first kappa shape index (κ1) is 13.9. The van der Waals surface area contributed by atoms with Gasteiger partial charge in [-0.1, -0.05) is 12.1 Å². The second-order valence-corrected chi connectivity index (χ2v) is 5.94. The first-order valence-corrected chi connectivity index (χ1v) is 7.42. The van der Waals surface area contributed by atoms with Crippen molar-refractivity contribution in [3.8, 4) is 11.3 Å². The van der Waals surface area contributed by atoms with Crippen LogP contribution in [0.2, 0.25) is 0 Å². The molecule has 0 radical (unpaired) electrons. The van der Waals surface area contributed by atoms with Gasteiger partial charge in [0.2, 0.25) is 0 Å². The predicted molar refractivity (Wildman–Crippen MR) is 85.6 cm³/mol. The molecule has 1 amide bonds. The van der Waals surface area contributed by atoms with Crippen LogP contribution in [0.15, 0.2) is 43.0 Å². The minimum absolute atomic E-state index is 0.289. The van der Waals surface area contributed by atoms with Crippen LogP contribution in [0.1, 0.15) is 12.8 Å². The molecule has 0 atom stereocenters. The summed E-state index contributed by atoms with van der Waals surface area (Å²) in [6, 6.07) is 7.73. The lowest BCUT2D eigenvalue weighted by Crippen LogP contribution is -2.25. The number of pyridine rings is 1. The third-order valence-electron chi connectivity index (χ3n) is 4.17. The monoisotopic (exact) mass is 310 g/mol. The zero-order valence-electron chi connectivity index (χ0n) is 12.6. The zero-order chi connectivity index (χ0) is 16.0. The molecular formula is C17H15FN4O. The van der Waals surface area contributed by atoms with Gasteiger partial charge in [0.1, 0.15) is 5.82 Å². The highest BCUT2D eigenvalue weighted by Crippen LogP contribution is 2.40. The van der Waals surface area contributed by atoms with Gasteiger partial charge in [0, 0.05) is 24.2 Å². The number of carbonyl (C=O) groups is 1. The Labute approximate surface area is 132 Å². The number of carbonyl (C=O) groups excluding carboxylic acids is 1. The van der Waals surface area contributed by atoms with Crippen molar-refractivity contribution in [1.29, 1.82) is 0 Å². The summed E-state index contributed by atoms with van der Waals surface area (Å²) in [6.45, 7) is 0. The van der Waals surface area contributed by atoms with E-state index in [0.29, 0.717) is 5.82 Å². The minimum atomic E-state index is -1.70. The first-order chi connectivity index (χ1) is 11.0. The summed E-state index contributed by atoms with van der Waals surface area (Å²) in [5, 5.41) is 4.44. The number of aromatic nitrogens is 3. The van der Waals surface area contributed by atoms with Crippen molar-refractivity contribution in [2.45, 2.75) is 18.5 Å². The highest BCUT2D eigenvalue weighted by atomic mass is 19.1. The highest BCUT2D eigenvalue weighted by molar-refractivity contribution is 6.00. The lowest BCUT2D eigenvalue weighted by Gasteiger charge is -2.09. The number of anilines is 1. The van der Waals surface area contributed by atoms with E-state index in [1.54, 1.807) is 24.8 Å². The van der Waals surface area contributed by atoms with Crippen molar-refractivity contribution in [1.82, 2.24) is 14.5 Å². The summed E-state index contributed by atoms with van der Waals surface area (Å²) in [5.41, 5.74) is 0.313. The van der Waals surface area contributed by atoms with E-state index in [9.17, 15) is 9.18 Å². The van der Waals surface area contributed by atoms with E-state index in [1.807, 2.05) is 29.8 Å². The van der Waals surface area contributed by atoms with Crippen molar-refractivity contribution in [2.24, 2.45) is 7.05 Å². The molecule has 2 heterocycles. The van der Waals surface area contributed by atoms with E-state index in [0.717, 1.165) is 22.0 Å². The smallest absolute Gasteiger partial charge is 0.263 e. The number of amides is 1. The topological polar surface area (TPSA) is 59.8 Å². The molecule has 1 aromatic carbocycles. The molecule has 116 valence electrons. The molecule has 1 fully saturated rings. The van der Waals surface area contributed by atoms with Crippen LogP contribution in [0.5, 0.6) is 0 Å². The molecule has 0 saturated heterocycles. The van der Waals surface area contributed by atoms with Gasteiger partial charge >= 0.3 is 0 Å². The van der Waals surface area contributed by atoms with Gasteiger partial charge in [-0.25, -0.2) is 14.4 Å². The third kappa shape index (κ3) is 2.46. The van der Waals surface area contributed by atoms with E-state index < -0.39 is 11.6 Å². The molecule has 1 N–H and O–H groups in total. The van der Waals surface area contributed by atoms with Crippen LogP contribution in [0.4, 0.5) is 10.2 Å². The maximum Gasteiger partial charge on any atom is 0.263 e. The summed E-state index contributed by atoms with van der Waals surface area (Å²) in [4.78, 5) is 20.1. The summed E-state index contributed by atoms with van der Waals surface area (Å²) < 4.78 is 15.7. The number of alkyl halides is 1. The Morgan fingerprint density at radius 1 is 1.26 bits per heavy atom. The van der Waals surface area contributed by atoms with Crippen LogP contribution >= 0.6 is 0 Å². The van der Waals surface area contributed by atoms with E-state index in [1.165, 1.54) is 0 Å². The predicted octanol–water partition coefficient (Wildman–Crippen LogP) is 3.08. The number of imidazole rings is 1. The van der Waals surface area contributed by atoms with Crippen molar-refractivity contribution in [3.63, 3.8) is 0 Å². The van der Waals surface area contributed by atoms with Crippen LogP contribution in [0, 0.1) is 0 Å². The zero-order valence-corrected chi connectivity index (χ0v) is 12.6. The molecule has 0 aliphatic heterocycles. The third-order valence-corrected chi connectivity index (χ3v) is 4.17. The van der Waals surface area contributed by atoms with Crippen LogP contribution in [0.3, 0.4) is 0 Å². The fourth-order valence-corrected chi connectivity index (χ4v) is 2.57. The van der Waals surface area contributed by atoms with Crippen LogP contribution in [-0.2, 0) is 11.8 Å². The summed E-state index contributed by atoms with van der Waals surface area (Å²) in [7, 11) is 1.93. The van der Waals surface area contributed by atoms with Crippen LogP contribution in [-0.4, -0.2) is 26.1 Å². The first-order valence-electron chi connectivity index (χ1n) is 7.42. The second-order valence-electron chi connectivity index (χ2n) is 5.94. The fraction of sp³-hybridized carbons (Fsp3) is 0.235. The van der Waals surface area contributed by atoms with Crippen LogP contribution < -0.4 is 5.32 Å². The molecule has 2 aromatic heterocycles. The Hall–Kier alpha value is -2.76. The molecule has 1 aliphatic rings. The average molecular weight is 310 g/mol. The van der Waals surface area contributed by atoms with E-state index >= 15 is 0 Å². The lowest BCUT2D eigenvalue weighted by atomic mass is 10.1. The van der Waals surface area contributed by atoms with Gasteiger partial charge in [-0.15, -0.1) is 0 Å². The van der Waals surface area contributed by atoms with Gasteiger partial charge in [0.25, 0.3) is 5.91 Å². The van der Waals surface area contributed by atoms with Gasteiger partial charge in [-0.05, 0) is 30.4 Å². The van der Waals surface area contributed by atoms with Gasteiger partial charge in [0.15, 0.2) is 5.67 Å². The Morgan fingerprint density at radius 3 is 2.78 bits per heavy atom. The molecule has 23 heavy (non-hydrogen) atoms. The van der Waals surface area contributed by atoms with Gasteiger partial charge in [-0.3, -0.25) is 4.79 Å². The Kier molecular flexibility index (Phi) is 2.94. The molecule has 1 saturated carbocycles. The number of hydrogen-bond donors (Lipinski definition) is 1. The number of rotatable bonds is 3. The molecule has 0 spiro atoms. The summed E-state index contributed by atoms with van der Waals surface area (Å²) in [5.74, 6) is -0.235. The van der Waals surface area contributed by atoms with Gasteiger partial charge < -0.3 is 9.88 Å². The van der Waals surface area contributed by atoms with Crippen molar-refractivity contribution in [3.05, 3.63) is 43.0 Å². The summed E-state index contributed by atoms with van der Waals surface area (Å²) >= 11 is 0. The Balaban J connectivity index is 1.69. The highest BCUT2D eigenvalue weighted by Gasteiger charge is 2.50. The SMILES string of the molecule is Cn1cncc1-c1ccc2cnc(NC(=O)C3(F)CC3)cc2c1. The molecular weight excluding hydrogens is 295 g/mol. The minimum Gasteiger partial charge on any atom is -0.334 e. The molecule has 1 aliphatic carbocycles. The van der Waals surface area contributed by atoms with E-state index in [-0.39, 0.29) is 12.8 Å². The van der Waals surface area contributed by atoms with Gasteiger partial charge in [-0.2, -0.15) is 0 Å². The van der Waals surface area contributed by atoms with E-state index in [4.69, 9.17) is 0 Å². The van der Waals surface area contributed by atoms with Crippen LogP contribution in [0.25, 0.3) is 22.0 Å². The normalized spacial score (nSPS) is 15.6. The quantitative estimate of drug-likeness (QED) is 0.809. The lowest BCUT2D eigenvalue weighted by molar-refractivity contribution is -0.122. The summed E-state index contributed by atoms with van der Waals surface area (Å²) in [6.07, 6.45) is 5.79. The number of fused-ring (bicyclic) bond motifs is 1. The molecule has 5 nitrogen and oxygen atoms in total. The number of aryl methyl sites for hydroxylation is 1. The number of nitrogens with one attached hydrogen (secondary N) is 1. The number of nitrogens with zero attached hydrogens (tertiary/aromatic N) is 3. The molecule has 3 aromatic rings. The number of hydrogen-bond acceptors (Lipinski definition) is 3. The molecule has 6 heteroatoms. The molecule has 0 bridgehead atoms. The standard InChI is InChI=1S/C17H15FN4O/c1-22-10-19-9-14(22)11-2-3-12-8-20-15(7-13(12)6-11)21-16(23)17(18)4-5-17/h2-3,6-10H,4-5H2,1H3,(H,20,21,23).